The highest BCUT2D eigenvalue weighted by Crippen LogP contribution is 2.38. The van der Waals surface area contributed by atoms with E-state index in [0.717, 1.165) is 61.0 Å². The van der Waals surface area contributed by atoms with Gasteiger partial charge in [-0.1, -0.05) is 30.9 Å². The molecule has 0 bridgehead atoms. The molecule has 2 unspecified atom stereocenters. The topological polar surface area (TPSA) is 83.6 Å². The van der Waals surface area contributed by atoms with Crippen molar-refractivity contribution in [3.8, 4) is 16.9 Å². The van der Waals surface area contributed by atoms with Crippen LogP contribution >= 0.6 is 11.6 Å². The van der Waals surface area contributed by atoms with Crippen LogP contribution in [-0.2, 0) is 9.59 Å². The van der Waals surface area contributed by atoms with Crippen LogP contribution in [0.1, 0.15) is 63.5 Å². The number of nitrogens with one attached hydrogen (secondary N) is 2. The number of hydrogen-bond donors (Lipinski definition) is 2. The van der Waals surface area contributed by atoms with Gasteiger partial charge in [0.25, 0.3) is 0 Å². The van der Waals surface area contributed by atoms with E-state index in [1.54, 1.807) is 26.4 Å². The molecule has 1 saturated carbocycles. The van der Waals surface area contributed by atoms with Gasteiger partial charge in [-0.25, -0.2) is 0 Å². The van der Waals surface area contributed by atoms with E-state index in [9.17, 15) is 9.59 Å². The average molecular weight is 513 g/mol. The van der Waals surface area contributed by atoms with E-state index in [1.807, 2.05) is 30.2 Å². The number of benzene rings is 1. The van der Waals surface area contributed by atoms with Crippen LogP contribution in [0.4, 0.5) is 0 Å². The maximum atomic E-state index is 14.0. The summed E-state index contributed by atoms with van der Waals surface area (Å²) in [5, 5.41) is 6.71. The lowest BCUT2D eigenvalue weighted by atomic mass is 9.83. The highest BCUT2D eigenvalue weighted by atomic mass is 35.5. The van der Waals surface area contributed by atoms with Crippen LogP contribution in [0.3, 0.4) is 0 Å². The standard InChI is InChI=1S/C28H37ClN4O3/c1-18(30-2)27(34)32-26(19-8-5-4-6-9-19)28(35)33-13-7-10-24(33)21-14-20(16-31-17-21)23-15-22(29)11-12-25(23)36-3/h11-12,14-19,24,26,30H,4-10,13H2,1-3H3,(H,32,34)/t18?,24?,26-/m0/s1. The molecular formula is C28H37ClN4O3. The Kier molecular flexibility index (Phi) is 8.86. The largest absolute Gasteiger partial charge is 0.496 e. The molecule has 1 aromatic heterocycles. The lowest BCUT2D eigenvalue weighted by molar-refractivity contribution is -0.139. The van der Waals surface area contributed by atoms with Crippen LogP contribution in [0.25, 0.3) is 11.1 Å². The first-order chi connectivity index (χ1) is 17.4. The number of carbonyl (C=O) groups is 2. The number of methoxy groups -OCH3 is 1. The van der Waals surface area contributed by atoms with Gasteiger partial charge in [0.15, 0.2) is 0 Å². The second kappa shape index (κ2) is 12.1. The molecular weight excluding hydrogens is 476 g/mol. The van der Waals surface area contributed by atoms with Crippen molar-refractivity contribution in [3.05, 3.63) is 47.2 Å². The Hall–Kier alpha value is -2.64. The molecule has 0 spiro atoms. The van der Waals surface area contributed by atoms with Crippen molar-refractivity contribution in [2.24, 2.45) is 5.92 Å². The van der Waals surface area contributed by atoms with Crippen molar-refractivity contribution in [3.63, 3.8) is 0 Å². The van der Waals surface area contributed by atoms with Gasteiger partial charge in [0, 0.05) is 35.1 Å². The summed E-state index contributed by atoms with van der Waals surface area (Å²) in [6, 6.07) is 6.66. The molecule has 1 aromatic carbocycles. The number of hydrogen-bond acceptors (Lipinski definition) is 5. The van der Waals surface area contributed by atoms with Crippen molar-refractivity contribution >= 4 is 23.4 Å². The van der Waals surface area contributed by atoms with Crippen LogP contribution in [0.2, 0.25) is 5.02 Å². The van der Waals surface area contributed by atoms with Gasteiger partial charge in [-0.3, -0.25) is 14.6 Å². The van der Waals surface area contributed by atoms with Crippen LogP contribution in [-0.4, -0.2) is 54.5 Å². The number of amides is 2. The zero-order valence-corrected chi connectivity index (χ0v) is 22.2. The molecule has 2 fully saturated rings. The molecule has 8 heteroatoms. The summed E-state index contributed by atoms with van der Waals surface area (Å²) in [5.41, 5.74) is 2.74. The highest BCUT2D eigenvalue weighted by Gasteiger charge is 2.39. The molecule has 2 aromatic rings. The van der Waals surface area contributed by atoms with E-state index in [-0.39, 0.29) is 29.8 Å². The third kappa shape index (κ3) is 5.84. The molecule has 36 heavy (non-hydrogen) atoms. The van der Waals surface area contributed by atoms with E-state index in [0.29, 0.717) is 11.6 Å². The zero-order valence-electron chi connectivity index (χ0n) is 21.4. The summed E-state index contributed by atoms with van der Waals surface area (Å²) in [6.07, 6.45) is 10.7. The van der Waals surface area contributed by atoms with Crippen LogP contribution in [0.15, 0.2) is 36.7 Å². The molecule has 2 N–H and O–H groups in total. The first kappa shape index (κ1) is 26.4. The Labute approximate surface area is 218 Å². The second-order valence-corrected chi connectivity index (χ2v) is 10.4. The summed E-state index contributed by atoms with van der Waals surface area (Å²) in [6.45, 7) is 2.49. The Bertz CT molecular complexity index is 1070. The van der Waals surface area contributed by atoms with E-state index < -0.39 is 6.04 Å². The molecule has 4 rings (SSSR count). The van der Waals surface area contributed by atoms with Crippen LogP contribution < -0.4 is 15.4 Å². The molecule has 1 aliphatic carbocycles. The number of carbonyl (C=O) groups excluding carboxylic acids is 2. The van der Waals surface area contributed by atoms with E-state index >= 15 is 0 Å². The van der Waals surface area contributed by atoms with Gasteiger partial charge in [0.05, 0.1) is 19.2 Å². The first-order valence-electron chi connectivity index (χ1n) is 13.0. The summed E-state index contributed by atoms with van der Waals surface area (Å²) >= 11 is 6.27. The Morgan fingerprint density at radius 1 is 1.11 bits per heavy atom. The fourth-order valence-corrected chi connectivity index (χ4v) is 5.68. The molecule has 2 aliphatic rings. The third-order valence-electron chi connectivity index (χ3n) is 7.66. The fourth-order valence-electron chi connectivity index (χ4n) is 5.51. The SMILES string of the molecule is CNC(C)C(=O)N[C@H](C(=O)N1CCCC1c1cncc(-c2cc(Cl)ccc2OC)c1)C1CCCCC1. The smallest absolute Gasteiger partial charge is 0.245 e. The number of ether oxygens (including phenoxy) is 1. The van der Waals surface area contributed by atoms with Gasteiger partial charge >= 0.3 is 0 Å². The molecule has 0 radical (unpaired) electrons. The number of rotatable bonds is 8. The summed E-state index contributed by atoms with van der Waals surface area (Å²) in [4.78, 5) is 33.3. The fraction of sp³-hybridized carbons (Fsp3) is 0.536. The molecule has 7 nitrogen and oxygen atoms in total. The van der Waals surface area contributed by atoms with Gasteiger partial charge in [-0.2, -0.15) is 0 Å². The Morgan fingerprint density at radius 3 is 2.61 bits per heavy atom. The number of halogens is 1. The molecule has 3 atom stereocenters. The summed E-state index contributed by atoms with van der Waals surface area (Å²) in [7, 11) is 3.39. The normalized spacial score (nSPS) is 20.1. The van der Waals surface area contributed by atoms with E-state index in [2.05, 4.69) is 21.7 Å². The number of likely N-dealkylation sites (tertiary alicyclic amines) is 1. The average Bonchev–Trinajstić information content (AvgIpc) is 3.41. The van der Waals surface area contributed by atoms with E-state index in [4.69, 9.17) is 16.3 Å². The number of pyridine rings is 1. The Morgan fingerprint density at radius 2 is 1.89 bits per heavy atom. The maximum Gasteiger partial charge on any atom is 0.245 e. The molecule has 2 heterocycles. The summed E-state index contributed by atoms with van der Waals surface area (Å²) in [5.74, 6) is 0.776. The van der Waals surface area contributed by atoms with Crippen molar-refractivity contribution in [2.45, 2.75) is 70.0 Å². The lowest BCUT2D eigenvalue weighted by Crippen LogP contribution is -2.55. The monoisotopic (exact) mass is 512 g/mol. The predicted octanol–water partition coefficient (Wildman–Crippen LogP) is 4.75. The van der Waals surface area contributed by atoms with Crippen LogP contribution in [0, 0.1) is 5.92 Å². The number of nitrogens with zero attached hydrogens (tertiary/aromatic N) is 2. The highest BCUT2D eigenvalue weighted by molar-refractivity contribution is 6.31. The predicted molar refractivity (Wildman–Crippen MR) is 142 cm³/mol. The summed E-state index contributed by atoms with van der Waals surface area (Å²) < 4.78 is 5.55. The van der Waals surface area contributed by atoms with Crippen molar-refractivity contribution in [1.29, 1.82) is 0 Å². The molecule has 1 aliphatic heterocycles. The van der Waals surface area contributed by atoms with Gasteiger partial charge in [0.2, 0.25) is 11.8 Å². The zero-order chi connectivity index (χ0) is 25.7. The van der Waals surface area contributed by atoms with E-state index in [1.165, 1.54) is 6.42 Å². The van der Waals surface area contributed by atoms with Crippen molar-refractivity contribution in [1.82, 2.24) is 20.5 Å². The minimum Gasteiger partial charge on any atom is -0.496 e. The van der Waals surface area contributed by atoms with Gasteiger partial charge in [-0.05, 0) is 75.4 Å². The minimum absolute atomic E-state index is 0.0202. The van der Waals surface area contributed by atoms with Crippen molar-refractivity contribution < 1.29 is 14.3 Å². The Balaban J connectivity index is 1.61. The van der Waals surface area contributed by atoms with Gasteiger partial charge in [0.1, 0.15) is 11.8 Å². The molecule has 1 saturated heterocycles. The minimum atomic E-state index is -0.502. The van der Waals surface area contributed by atoms with Gasteiger partial charge in [-0.15, -0.1) is 0 Å². The first-order valence-corrected chi connectivity index (χ1v) is 13.4. The van der Waals surface area contributed by atoms with Crippen LogP contribution in [0.5, 0.6) is 5.75 Å². The lowest BCUT2D eigenvalue weighted by Gasteiger charge is -2.35. The molecule has 2 amide bonds. The molecule has 194 valence electrons. The number of aromatic nitrogens is 1. The number of likely N-dealkylation sites (N-methyl/N-ethyl adjacent to an activating group) is 1. The van der Waals surface area contributed by atoms with Gasteiger partial charge < -0.3 is 20.3 Å². The quantitative estimate of drug-likeness (QED) is 0.533. The van der Waals surface area contributed by atoms with Crippen molar-refractivity contribution in [2.75, 3.05) is 20.7 Å². The second-order valence-electron chi connectivity index (χ2n) is 9.94. The third-order valence-corrected chi connectivity index (χ3v) is 7.90. The maximum absolute atomic E-state index is 14.0.